The molecule has 0 aliphatic carbocycles. The average Bonchev–Trinajstić information content (AvgIpc) is 3.03. The summed E-state index contributed by atoms with van der Waals surface area (Å²) in [6, 6.07) is 15.4. The minimum atomic E-state index is -0.600. The summed E-state index contributed by atoms with van der Waals surface area (Å²) in [6.45, 7) is 8.10. The maximum absolute atomic E-state index is 11.0. The Balaban J connectivity index is 0. The predicted molar refractivity (Wildman–Crippen MR) is 244 cm³/mol. The first-order valence-electron chi connectivity index (χ1n) is 15.3. The molecule has 0 spiro atoms. The first-order chi connectivity index (χ1) is 23.0. The van der Waals surface area contributed by atoms with Gasteiger partial charge in [0.05, 0.1) is 26.9 Å². The van der Waals surface area contributed by atoms with Crippen molar-refractivity contribution in [3.8, 4) is 0 Å². The number of anilines is 6. The number of alkyl halides is 3. The molecular formula is C32H46ClI4N8O4V-. The van der Waals surface area contributed by atoms with Gasteiger partial charge in [0.25, 0.3) is 0 Å². The summed E-state index contributed by atoms with van der Waals surface area (Å²) in [5, 5.41) is 21.3. The second-order valence-corrected chi connectivity index (χ2v) is 25.1. The Morgan fingerprint density at radius 1 is 0.720 bits per heavy atom. The largest absolute Gasteiger partial charge is 0.397 e. The van der Waals surface area contributed by atoms with Crippen molar-refractivity contribution < 1.29 is 29.8 Å². The Morgan fingerprint density at radius 3 is 1.44 bits per heavy atom. The van der Waals surface area contributed by atoms with Gasteiger partial charge in [0.15, 0.2) is 0 Å². The number of nitrogens with zero attached hydrogens (tertiary/aromatic N) is 4. The van der Waals surface area contributed by atoms with Crippen molar-refractivity contribution in [1.82, 2.24) is 0 Å². The van der Waals surface area contributed by atoms with E-state index in [1.165, 1.54) is 37.8 Å². The monoisotopic (exact) mass is 1200 g/mol. The smallest absolute Gasteiger partial charge is 0.315 e. The number of nitro benzene ring substituents is 2. The van der Waals surface area contributed by atoms with Crippen LogP contribution in [0.3, 0.4) is 0 Å². The number of hydrogen-bond acceptors (Lipinski definition) is 10. The zero-order valence-corrected chi connectivity index (χ0v) is 38.7. The van der Waals surface area contributed by atoms with Crippen LogP contribution in [0, 0.1) is 24.7 Å². The first-order valence-corrected chi connectivity index (χ1v) is 20.2. The maximum atomic E-state index is 11.0. The van der Waals surface area contributed by atoms with E-state index in [1.807, 2.05) is 23.5 Å². The minimum absolute atomic E-state index is 0. The summed E-state index contributed by atoms with van der Waals surface area (Å²) in [4.78, 5) is 24.7. The predicted octanol–water partition coefficient (Wildman–Crippen LogP) is 10.7. The van der Waals surface area contributed by atoms with E-state index < -0.39 is 4.92 Å². The quantitative estimate of drug-likeness (QED) is 0.0487. The Bertz CT molecular complexity index is 1460. The van der Waals surface area contributed by atoms with Crippen molar-refractivity contribution in [2.24, 2.45) is 0 Å². The normalized spacial score (nSPS) is 13.6. The third kappa shape index (κ3) is 18.7. The van der Waals surface area contributed by atoms with Crippen LogP contribution in [0.25, 0.3) is 0 Å². The van der Waals surface area contributed by atoms with Crippen LogP contribution in [-0.2, 0) is 18.6 Å². The molecule has 2 aliphatic rings. The van der Waals surface area contributed by atoms with Gasteiger partial charge in [-0.1, -0.05) is 97.6 Å². The fourth-order valence-electron chi connectivity index (χ4n) is 4.84. The molecule has 2 heterocycles. The summed E-state index contributed by atoms with van der Waals surface area (Å²) >= 11 is 14.7. The molecule has 0 aromatic heterocycles. The van der Waals surface area contributed by atoms with Crippen molar-refractivity contribution in [2.45, 2.75) is 51.8 Å². The number of piperidine rings is 2. The first kappa shape index (κ1) is 49.1. The number of rotatable bonds is 4. The molecule has 2 fully saturated rings. The van der Waals surface area contributed by atoms with Crippen LogP contribution in [0.4, 0.5) is 45.5 Å². The molecule has 8 N–H and O–H groups in total. The van der Waals surface area contributed by atoms with Crippen molar-refractivity contribution in [2.75, 3.05) is 58.9 Å². The van der Waals surface area contributed by atoms with Gasteiger partial charge in [-0.2, -0.15) is 6.92 Å². The number of hydrogen-bond donors (Lipinski definition) is 4. The van der Waals surface area contributed by atoms with Gasteiger partial charge >= 0.3 is 11.4 Å². The molecule has 0 saturated carbocycles. The number of halogens is 5. The van der Waals surface area contributed by atoms with E-state index in [0.29, 0.717) is 10.8 Å². The van der Waals surface area contributed by atoms with E-state index in [9.17, 15) is 20.2 Å². The second-order valence-electron chi connectivity index (χ2n) is 10.8. The van der Waals surface area contributed by atoms with E-state index in [4.69, 9.17) is 34.5 Å². The van der Waals surface area contributed by atoms with Gasteiger partial charge < -0.3 is 55.3 Å². The second kappa shape index (κ2) is 25.9. The average molecular weight is 1200 g/mol. The summed E-state index contributed by atoms with van der Waals surface area (Å²) in [6.07, 6.45) is 7.23. The molecule has 50 heavy (non-hydrogen) atoms. The molecule has 2 aliphatic heterocycles. The zero-order valence-electron chi connectivity index (χ0n) is 27.9. The third-order valence-electron chi connectivity index (χ3n) is 6.94. The topological polar surface area (TPSA) is 197 Å². The van der Waals surface area contributed by atoms with E-state index in [0.717, 1.165) is 50.4 Å². The van der Waals surface area contributed by atoms with Gasteiger partial charge in [0.1, 0.15) is 21.5 Å². The molecule has 279 valence electrons. The van der Waals surface area contributed by atoms with Crippen molar-refractivity contribution in [3.05, 3.63) is 84.3 Å². The minimum Gasteiger partial charge on any atom is -0.397 e. The van der Waals surface area contributed by atoms with Crippen LogP contribution < -0.4 is 32.7 Å². The van der Waals surface area contributed by atoms with Crippen LogP contribution in [0.2, 0.25) is 5.02 Å². The number of para-hydroxylation sites is 3. The summed E-state index contributed by atoms with van der Waals surface area (Å²) in [7, 11) is 0. The van der Waals surface area contributed by atoms with Crippen LogP contribution in [0.5, 0.6) is 0 Å². The molecule has 3 aromatic rings. The standard InChI is InChI=1S/C11H15N3O2.C11H17N3.C6H5ClN2O2.C2H3I3.C2H4I.V.H2/c12-9-5-4-6-10(11(9)14(15)16)13-7-2-1-3-8-13;12-9-5-4-6-10(11(9)13)14-7-2-1-3-8-14;7-4-2-1-3-5(8)6(4)9(10)11;1-2(3,4)5;1-2-3;;/h4-6H,1-3,7-8,12H2;4-6H,1-3,7-8,12-13H2;1-3H,8H2;1H3;2H,1H3;;1H/q;;;;-1;;. The number of nitrogens with two attached hydrogens (primary N) is 4. The van der Waals surface area contributed by atoms with Crippen LogP contribution in [0.15, 0.2) is 54.6 Å². The Kier molecular flexibility index (Phi) is 25.4. The van der Waals surface area contributed by atoms with Crippen LogP contribution in [0.1, 0.15) is 53.8 Å². The van der Waals surface area contributed by atoms with E-state index in [1.54, 1.807) is 24.3 Å². The van der Waals surface area contributed by atoms with Gasteiger partial charge in [-0.3, -0.25) is 24.7 Å². The van der Waals surface area contributed by atoms with Crippen molar-refractivity contribution in [1.29, 1.82) is 0 Å². The Hall–Kier alpha value is -0.946. The Morgan fingerprint density at radius 2 is 1.06 bits per heavy atom. The summed E-state index contributed by atoms with van der Waals surface area (Å²) in [5.41, 5.74) is 26.0. The maximum Gasteiger partial charge on any atom is 0.315 e. The van der Waals surface area contributed by atoms with E-state index in [2.05, 4.69) is 113 Å². The third-order valence-corrected chi connectivity index (χ3v) is 7.24. The molecular weight excluding hydrogens is 1150 g/mol. The van der Waals surface area contributed by atoms with Gasteiger partial charge in [-0.15, -0.1) is 0 Å². The fourth-order valence-corrected chi connectivity index (χ4v) is 5.09. The van der Waals surface area contributed by atoms with Gasteiger partial charge in [0, 0.05) is 46.2 Å². The zero-order chi connectivity index (χ0) is 37.1. The number of nitrogen functional groups attached to an aromatic ring is 4. The molecule has 12 nitrogen and oxygen atoms in total. The van der Waals surface area contributed by atoms with Gasteiger partial charge in [-0.25, -0.2) is 0 Å². The number of nitro groups is 2. The molecule has 0 amide bonds. The molecule has 0 atom stereocenters. The summed E-state index contributed by atoms with van der Waals surface area (Å²) < 4.78 is 2.38. The fraction of sp³-hybridized carbons (Fsp3) is 0.406. The van der Waals surface area contributed by atoms with Gasteiger partial charge in [-0.05, 0) is 81.8 Å². The Labute approximate surface area is 368 Å². The van der Waals surface area contributed by atoms with E-state index >= 15 is 0 Å². The SMILES string of the molecule is CC(I)(I)I.C[CH-]I.Nc1cccc(Cl)c1[N+](=O)[O-].Nc1cccc(N2CCCCC2)c1N.Nc1cccc(N2CCCCC2)c1[N+](=O)[O-].[HH].[V]. The van der Waals surface area contributed by atoms with Gasteiger partial charge in [0.2, 0.25) is 0 Å². The van der Waals surface area contributed by atoms with Crippen LogP contribution in [-0.4, -0.2) is 35.5 Å². The molecule has 18 heteroatoms. The van der Waals surface area contributed by atoms with Crippen LogP contribution >= 0.6 is 102 Å². The van der Waals surface area contributed by atoms with Crippen molar-refractivity contribution >= 4 is 147 Å². The molecule has 0 bridgehead atoms. The van der Waals surface area contributed by atoms with Crippen molar-refractivity contribution in [3.63, 3.8) is 0 Å². The molecule has 0 unspecified atom stereocenters. The molecule has 5 rings (SSSR count). The molecule has 2 saturated heterocycles. The molecule has 3 aromatic carbocycles. The number of benzene rings is 3. The van der Waals surface area contributed by atoms with E-state index in [-0.39, 0.29) is 52.7 Å². The summed E-state index contributed by atoms with van der Waals surface area (Å²) in [5.74, 6) is 0. The molecule has 1 radical (unpaired) electrons.